The molecule has 1 fully saturated rings. The molecule has 46 valence electrons. The Balaban J connectivity index is 2.34. The van der Waals surface area contributed by atoms with Crippen LogP contribution in [-0.4, -0.2) is 22.1 Å². The highest BCUT2D eigenvalue weighted by Crippen LogP contribution is 2.18. The second-order valence-electron chi connectivity index (χ2n) is 1.87. The van der Waals surface area contributed by atoms with Crippen molar-refractivity contribution in [2.75, 3.05) is 5.75 Å². The van der Waals surface area contributed by atoms with E-state index in [1.807, 2.05) is 0 Å². The van der Waals surface area contributed by atoms with Gasteiger partial charge in [0.1, 0.15) is 0 Å². The van der Waals surface area contributed by atoms with Crippen molar-refractivity contribution in [2.45, 2.75) is 18.9 Å². The van der Waals surface area contributed by atoms with Gasteiger partial charge in [-0.1, -0.05) is 11.8 Å². The van der Waals surface area contributed by atoms with Crippen LogP contribution in [0, 0.1) is 0 Å². The highest BCUT2D eigenvalue weighted by atomic mass is 32.2. The van der Waals surface area contributed by atoms with Gasteiger partial charge in [-0.3, -0.25) is 4.79 Å². The van der Waals surface area contributed by atoms with E-state index in [2.05, 4.69) is 0 Å². The fourth-order valence-corrected chi connectivity index (χ4v) is 1.59. The first-order valence-corrected chi connectivity index (χ1v) is 3.61. The first-order chi connectivity index (χ1) is 3.79. The number of hydrogen-bond acceptors (Lipinski definition) is 3. The normalized spacial score (nSPS) is 30.6. The van der Waals surface area contributed by atoms with Gasteiger partial charge in [0.05, 0.1) is 6.10 Å². The summed E-state index contributed by atoms with van der Waals surface area (Å²) < 4.78 is 0. The average Bonchev–Trinajstić information content (AvgIpc) is 1.64. The van der Waals surface area contributed by atoms with E-state index in [-0.39, 0.29) is 11.2 Å². The van der Waals surface area contributed by atoms with E-state index in [1.165, 1.54) is 11.8 Å². The first-order valence-electron chi connectivity index (χ1n) is 2.63. The molecule has 1 rings (SSSR count). The SMILES string of the molecule is O=C1CC(O)CCS1. The van der Waals surface area contributed by atoms with Gasteiger partial charge in [-0.2, -0.15) is 0 Å². The van der Waals surface area contributed by atoms with E-state index < -0.39 is 0 Å². The van der Waals surface area contributed by atoms with Gasteiger partial charge < -0.3 is 5.11 Å². The Kier molecular flexibility index (Phi) is 1.91. The van der Waals surface area contributed by atoms with Crippen molar-refractivity contribution in [3.8, 4) is 0 Å². The summed E-state index contributed by atoms with van der Waals surface area (Å²) in [6.45, 7) is 0. The molecule has 1 heterocycles. The lowest BCUT2D eigenvalue weighted by atomic mass is 10.2. The largest absolute Gasteiger partial charge is 0.393 e. The summed E-state index contributed by atoms with van der Waals surface area (Å²) in [5.41, 5.74) is 0. The molecule has 0 amide bonds. The predicted molar refractivity (Wildman–Crippen MR) is 32.7 cm³/mol. The maximum Gasteiger partial charge on any atom is 0.191 e. The quantitative estimate of drug-likeness (QED) is 0.518. The summed E-state index contributed by atoms with van der Waals surface area (Å²) in [4.78, 5) is 10.5. The molecule has 0 aromatic carbocycles. The minimum atomic E-state index is -0.358. The van der Waals surface area contributed by atoms with Crippen LogP contribution in [0.4, 0.5) is 0 Å². The lowest BCUT2D eigenvalue weighted by Crippen LogP contribution is -2.17. The van der Waals surface area contributed by atoms with Gasteiger partial charge in [0, 0.05) is 12.2 Å². The molecule has 2 nitrogen and oxygen atoms in total. The fourth-order valence-electron chi connectivity index (χ4n) is 0.662. The zero-order chi connectivity index (χ0) is 5.98. The predicted octanol–water partition coefficient (Wildman–Crippen LogP) is 0.401. The average molecular weight is 132 g/mol. The number of aliphatic hydroxyl groups excluding tert-OH is 1. The molecule has 0 aliphatic carbocycles. The Bertz CT molecular complexity index is 103. The third-order valence-electron chi connectivity index (χ3n) is 1.12. The molecule has 1 N–H and O–H groups in total. The smallest absolute Gasteiger partial charge is 0.191 e. The molecule has 0 bridgehead atoms. The number of thioether (sulfide) groups is 1. The Morgan fingerprint density at radius 3 is 2.88 bits per heavy atom. The number of rotatable bonds is 0. The van der Waals surface area contributed by atoms with Crippen molar-refractivity contribution in [1.82, 2.24) is 0 Å². The highest BCUT2D eigenvalue weighted by Gasteiger charge is 2.16. The summed E-state index contributed by atoms with van der Waals surface area (Å²) in [5, 5.41) is 8.97. The van der Waals surface area contributed by atoms with E-state index in [9.17, 15) is 4.79 Å². The maximum atomic E-state index is 10.5. The Hall–Kier alpha value is -0.0200. The summed E-state index contributed by atoms with van der Waals surface area (Å²) in [7, 11) is 0. The Labute approximate surface area is 52.3 Å². The van der Waals surface area contributed by atoms with Crippen LogP contribution in [-0.2, 0) is 4.79 Å². The molecule has 0 aromatic rings. The van der Waals surface area contributed by atoms with Crippen molar-refractivity contribution in [3.05, 3.63) is 0 Å². The zero-order valence-electron chi connectivity index (χ0n) is 4.46. The fraction of sp³-hybridized carbons (Fsp3) is 0.800. The third-order valence-corrected chi connectivity index (χ3v) is 2.04. The summed E-state index contributed by atoms with van der Waals surface area (Å²) in [5.74, 6) is 0.792. The van der Waals surface area contributed by atoms with Crippen LogP contribution in [0.3, 0.4) is 0 Å². The van der Waals surface area contributed by atoms with Crippen LogP contribution in [0.5, 0.6) is 0 Å². The molecule has 1 aliphatic heterocycles. The van der Waals surface area contributed by atoms with Crippen LogP contribution < -0.4 is 0 Å². The summed E-state index contributed by atoms with van der Waals surface area (Å²) in [6, 6.07) is 0. The lowest BCUT2D eigenvalue weighted by molar-refractivity contribution is -0.113. The van der Waals surface area contributed by atoms with E-state index in [0.717, 1.165) is 12.2 Å². The molecular weight excluding hydrogens is 124 g/mol. The molecule has 1 saturated heterocycles. The van der Waals surface area contributed by atoms with E-state index in [0.29, 0.717) is 6.42 Å². The molecular formula is C5H8O2S. The maximum absolute atomic E-state index is 10.5. The van der Waals surface area contributed by atoms with Crippen molar-refractivity contribution in [1.29, 1.82) is 0 Å². The van der Waals surface area contributed by atoms with Gasteiger partial charge >= 0.3 is 0 Å². The van der Waals surface area contributed by atoms with Gasteiger partial charge in [0.25, 0.3) is 0 Å². The number of carbonyl (C=O) groups is 1. The van der Waals surface area contributed by atoms with Gasteiger partial charge in [0.15, 0.2) is 5.12 Å². The Morgan fingerprint density at radius 2 is 2.50 bits per heavy atom. The monoisotopic (exact) mass is 132 g/mol. The molecule has 8 heavy (non-hydrogen) atoms. The van der Waals surface area contributed by atoms with Crippen LogP contribution in [0.25, 0.3) is 0 Å². The van der Waals surface area contributed by atoms with Crippen molar-refractivity contribution < 1.29 is 9.90 Å². The summed E-state index contributed by atoms with van der Waals surface area (Å²) in [6.07, 6.45) is 0.768. The number of aliphatic hydroxyl groups is 1. The highest BCUT2D eigenvalue weighted by molar-refractivity contribution is 8.13. The number of carbonyl (C=O) groups excluding carboxylic acids is 1. The topological polar surface area (TPSA) is 37.3 Å². The second kappa shape index (κ2) is 2.51. The minimum absolute atomic E-state index is 0.128. The molecule has 0 radical (unpaired) electrons. The molecule has 1 atom stereocenters. The van der Waals surface area contributed by atoms with Crippen molar-refractivity contribution >= 4 is 16.9 Å². The third kappa shape index (κ3) is 1.49. The van der Waals surface area contributed by atoms with Crippen LogP contribution >= 0.6 is 11.8 Å². The van der Waals surface area contributed by atoms with E-state index >= 15 is 0 Å². The zero-order valence-corrected chi connectivity index (χ0v) is 5.28. The van der Waals surface area contributed by atoms with Crippen LogP contribution in [0.15, 0.2) is 0 Å². The van der Waals surface area contributed by atoms with Crippen LogP contribution in [0.2, 0.25) is 0 Å². The molecule has 1 aliphatic rings. The molecule has 0 aromatic heterocycles. The van der Waals surface area contributed by atoms with Gasteiger partial charge in [-0.15, -0.1) is 0 Å². The Morgan fingerprint density at radius 1 is 1.75 bits per heavy atom. The first kappa shape index (κ1) is 6.11. The molecule has 3 heteroatoms. The van der Waals surface area contributed by atoms with Gasteiger partial charge in [-0.25, -0.2) is 0 Å². The van der Waals surface area contributed by atoms with Gasteiger partial charge in [0.2, 0.25) is 0 Å². The standard InChI is InChI=1S/C5H8O2S/c6-4-1-2-8-5(7)3-4/h4,6H,1-3H2. The number of hydrogen-bond donors (Lipinski definition) is 1. The van der Waals surface area contributed by atoms with Crippen molar-refractivity contribution in [2.24, 2.45) is 0 Å². The molecule has 1 unspecified atom stereocenters. The second-order valence-corrected chi connectivity index (χ2v) is 3.02. The molecule has 0 saturated carbocycles. The molecule has 0 spiro atoms. The van der Waals surface area contributed by atoms with E-state index in [1.54, 1.807) is 0 Å². The summed E-state index contributed by atoms with van der Waals surface area (Å²) >= 11 is 1.32. The minimum Gasteiger partial charge on any atom is -0.393 e. The van der Waals surface area contributed by atoms with Crippen LogP contribution in [0.1, 0.15) is 12.8 Å². The lowest BCUT2D eigenvalue weighted by Gasteiger charge is -2.13. The van der Waals surface area contributed by atoms with Gasteiger partial charge in [-0.05, 0) is 6.42 Å². The van der Waals surface area contributed by atoms with Crippen molar-refractivity contribution in [3.63, 3.8) is 0 Å². The van der Waals surface area contributed by atoms with E-state index in [4.69, 9.17) is 5.11 Å².